The Morgan fingerprint density at radius 2 is 2.11 bits per heavy atom. The molecule has 0 fully saturated rings. The molecule has 0 bridgehead atoms. The predicted octanol–water partition coefficient (Wildman–Crippen LogP) is 3.02. The summed E-state index contributed by atoms with van der Waals surface area (Å²) in [6.45, 7) is 4.56. The van der Waals surface area contributed by atoms with E-state index in [1.54, 1.807) is 32.1 Å². The highest BCUT2D eigenvalue weighted by molar-refractivity contribution is 7.09. The lowest BCUT2D eigenvalue weighted by atomic mass is 10.2. The van der Waals surface area contributed by atoms with E-state index in [4.69, 9.17) is 4.74 Å². The number of hydrogen-bond acceptors (Lipinski definition) is 5. The topological polar surface area (TPSA) is 78.2 Å². The Bertz CT molecular complexity index is 846. The molecule has 7 nitrogen and oxygen atoms in total. The fourth-order valence-electron chi connectivity index (χ4n) is 2.18. The number of carbonyl (C=O) groups excluding carboxylic acids is 1. The fourth-order valence-corrected chi connectivity index (χ4v) is 2.87. The van der Waals surface area contributed by atoms with Crippen LogP contribution in [-0.2, 0) is 24.2 Å². The molecule has 0 radical (unpaired) electrons. The Balaban J connectivity index is 1.97. The normalized spacial score (nSPS) is 11.3. The van der Waals surface area contributed by atoms with Crippen LogP contribution in [0.15, 0.2) is 40.3 Å². The van der Waals surface area contributed by atoms with Gasteiger partial charge in [0.05, 0.1) is 6.54 Å². The van der Waals surface area contributed by atoms with Gasteiger partial charge >= 0.3 is 11.8 Å². The molecule has 1 N–H and O–H groups in total. The van der Waals surface area contributed by atoms with E-state index in [2.05, 4.69) is 10.4 Å². The Morgan fingerprint density at radius 1 is 1.37 bits per heavy atom. The van der Waals surface area contributed by atoms with Gasteiger partial charge in [0.2, 0.25) is 0 Å². The van der Waals surface area contributed by atoms with Crippen molar-refractivity contribution in [2.75, 3.05) is 6.54 Å². The summed E-state index contributed by atoms with van der Waals surface area (Å²) < 4.78 is 33.7. The average molecular weight is 400 g/mol. The number of nitrogens with one attached hydrogen (secondary N) is 1. The minimum absolute atomic E-state index is 0.409. The second-order valence-electron chi connectivity index (χ2n) is 6.81. The van der Waals surface area contributed by atoms with E-state index >= 15 is 0 Å². The summed E-state index contributed by atoms with van der Waals surface area (Å²) in [6, 6.07) is 3.88. The smallest absolute Gasteiger partial charge is 0.407 e. The molecule has 0 spiro atoms. The molecule has 27 heavy (non-hydrogen) atoms. The van der Waals surface area contributed by atoms with Crippen LogP contribution in [0, 0.1) is 0 Å². The molecule has 0 aliphatic carbocycles. The average Bonchev–Trinajstić information content (AvgIpc) is 3.18. The lowest BCUT2D eigenvalue weighted by Gasteiger charge is -2.19. The minimum atomic E-state index is -1.97. The van der Waals surface area contributed by atoms with Crippen molar-refractivity contribution in [3.63, 3.8) is 0 Å². The molecule has 2 rings (SSSR count). The van der Waals surface area contributed by atoms with Crippen molar-refractivity contribution in [2.24, 2.45) is 0 Å². The highest BCUT2D eigenvalue weighted by atomic mass is 32.1. The maximum Gasteiger partial charge on any atom is 0.407 e. The molecule has 10 heteroatoms. The molecule has 2 aromatic heterocycles. The van der Waals surface area contributed by atoms with Crippen molar-refractivity contribution >= 4 is 17.4 Å². The van der Waals surface area contributed by atoms with Crippen LogP contribution >= 0.6 is 11.3 Å². The monoisotopic (exact) mass is 400 g/mol. The van der Waals surface area contributed by atoms with Crippen molar-refractivity contribution in [3.8, 4) is 0 Å². The third-order valence-corrected chi connectivity index (χ3v) is 4.37. The highest BCUT2D eigenvalue weighted by Gasteiger charge is 2.18. The Hall–Kier alpha value is -2.49. The van der Waals surface area contributed by atoms with E-state index in [9.17, 15) is 18.4 Å². The van der Waals surface area contributed by atoms with Gasteiger partial charge in [0, 0.05) is 23.5 Å². The number of aromatic nitrogens is 3. The van der Waals surface area contributed by atoms with Crippen LogP contribution in [0.25, 0.3) is 0 Å². The van der Waals surface area contributed by atoms with Crippen LogP contribution in [0.5, 0.6) is 0 Å². The van der Waals surface area contributed by atoms with Crippen LogP contribution in [-0.4, -0.2) is 32.6 Å². The highest BCUT2D eigenvalue weighted by Crippen LogP contribution is 2.11. The maximum absolute atomic E-state index is 13.2. The van der Waals surface area contributed by atoms with E-state index in [-0.39, 0.29) is 0 Å². The number of ether oxygens (including phenoxy) is 1. The number of alkyl carbamates (subject to hydrolysis) is 1. The molecule has 0 aromatic carbocycles. The summed E-state index contributed by atoms with van der Waals surface area (Å²) in [6.07, 6.45) is -0.796. The Morgan fingerprint density at radius 3 is 2.70 bits per heavy atom. The van der Waals surface area contributed by atoms with Crippen molar-refractivity contribution in [1.82, 2.24) is 19.7 Å². The first-order valence-corrected chi connectivity index (χ1v) is 9.18. The standard InChI is InChI=1S/C17H22F2N4O3S/c1-17(2,3)26-15(24)20-9-12(14(18)19)10-23-16(25)22(11-21-23)7-6-13-5-4-8-27-13/h4-5,8,11H,6-7,9-10H2,1-3H3,(H,20,24). The number of carbonyl (C=O) groups is 1. The maximum atomic E-state index is 13.2. The summed E-state index contributed by atoms with van der Waals surface area (Å²) in [5, 5.41) is 8.09. The van der Waals surface area contributed by atoms with Crippen molar-refractivity contribution in [1.29, 1.82) is 0 Å². The predicted molar refractivity (Wildman–Crippen MR) is 98.0 cm³/mol. The van der Waals surface area contributed by atoms with Gasteiger partial charge in [0.25, 0.3) is 6.08 Å². The summed E-state index contributed by atoms with van der Waals surface area (Å²) >= 11 is 1.58. The summed E-state index contributed by atoms with van der Waals surface area (Å²) in [5.41, 5.74) is -1.63. The summed E-state index contributed by atoms with van der Waals surface area (Å²) in [5.74, 6) is 0. The summed E-state index contributed by atoms with van der Waals surface area (Å²) in [4.78, 5) is 25.0. The van der Waals surface area contributed by atoms with Crippen LogP contribution in [0.3, 0.4) is 0 Å². The number of amides is 1. The van der Waals surface area contributed by atoms with E-state index in [1.165, 1.54) is 10.9 Å². The first-order valence-electron chi connectivity index (χ1n) is 8.30. The zero-order valence-electron chi connectivity index (χ0n) is 15.4. The summed E-state index contributed by atoms with van der Waals surface area (Å²) in [7, 11) is 0. The van der Waals surface area contributed by atoms with Gasteiger partial charge in [0.1, 0.15) is 11.9 Å². The minimum Gasteiger partial charge on any atom is -0.444 e. The first-order chi connectivity index (χ1) is 12.7. The Kier molecular flexibility index (Phi) is 6.89. The lowest BCUT2D eigenvalue weighted by molar-refractivity contribution is 0.0531. The van der Waals surface area contributed by atoms with Gasteiger partial charge in [0.15, 0.2) is 0 Å². The van der Waals surface area contributed by atoms with E-state index in [0.29, 0.717) is 13.0 Å². The molecular formula is C17H22F2N4O3S. The van der Waals surface area contributed by atoms with Gasteiger partial charge in [-0.2, -0.15) is 13.9 Å². The van der Waals surface area contributed by atoms with Gasteiger partial charge < -0.3 is 10.1 Å². The molecule has 0 atom stereocenters. The molecular weight excluding hydrogens is 378 g/mol. The van der Waals surface area contributed by atoms with Crippen molar-refractivity contribution in [3.05, 3.63) is 50.9 Å². The molecule has 0 saturated heterocycles. The number of aryl methyl sites for hydroxylation is 2. The molecule has 148 valence electrons. The first kappa shape index (κ1) is 20.8. The zero-order valence-corrected chi connectivity index (χ0v) is 16.2. The molecule has 1 amide bonds. The third kappa shape index (κ3) is 6.63. The molecule has 0 aliphatic heterocycles. The molecule has 0 saturated carbocycles. The van der Waals surface area contributed by atoms with Crippen LogP contribution in [0.4, 0.5) is 13.6 Å². The quantitative estimate of drug-likeness (QED) is 0.775. The van der Waals surface area contributed by atoms with Gasteiger partial charge in [-0.25, -0.2) is 14.3 Å². The van der Waals surface area contributed by atoms with Crippen molar-refractivity contribution in [2.45, 2.75) is 45.9 Å². The molecule has 0 aliphatic rings. The second-order valence-corrected chi connectivity index (χ2v) is 7.85. The van der Waals surface area contributed by atoms with Gasteiger partial charge in [-0.3, -0.25) is 4.57 Å². The van der Waals surface area contributed by atoms with Crippen LogP contribution in [0.2, 0.25) is 0 Å². The fraction of sp³-hybridized carbons (Fsp3) is 0.471. The van der Waals surface area contributed by atoms with Crippen LogP contribution in [0.1, 0.15) is 25.6 Å². The van der Waals surface area contributed by atoms with Gasteiger partial charge in [-0.05, 0) is 38.6 Å². The second kappa shape index (κ2) is 8.94. The van der Waals surface area contributed by atoms with Crippen LogP contribution < -0.4 is 11.0 Å². The van der Waals surface area contributed by atoms with E-state index < -0.39 is 42.1 Å². The van der Waals surface area contributed by atoms with E-state index in [0.717, 1.165) is 9.56 Å². The zero-order chi connectivity index (χ0) is 20.0. The molecule has 2 heterocycles. The molecule has 2 aromatic rings. The third-order valence-electron chi connectivity index (χ3n) is 3.43. The number of rotatable bonds is 7. The number of thiophene rings is 1. The number of halogens is 2. The number of nitrogens with zero attached hydrogens (tertiary/aromatic N) is 3. The number of hydrogen-bond donors (Lipinski definition) is 1. The lowest BCUT2D eigenvalue weighted by Crippen LogP contribution is -2.35. The van der Waals surface area contributed by atoms with Gasteiger partial charge in [-0.1, -0.05) is 6.07 Å². The van der Waals surface area contributed by atoms with Crippen molar-refractivity contribution < 1.29 is 18.3 Å². The SMILES string of the molecule is CC(C)(C)OC(=O)NCC(Cn1ncn(CCc2cccs2)c1=O)=C(F)F. The van der Waals surface area contributed by atoms with E-state index in [1.807, 2.05) is 17.5 Å². The molecule has 0 unspecified atom stereocenters. The van der Waals surface area contributed by atoms with Gasteiger partial charge in [-0.15, -0.1) is 11.3 Å². The largest absolute Gasteiger partial charge is 0.444 e. The Labute approximate surface area is 159 Å².